The van der Waals surface area contributed by atoms with Gasteiger partial charge in [0.15, 0.2) is 0 Å². The van der Waals surface area contributed by atoms with Gasteiger partial charge in [-0.15, -0.1) is 0 Å². The van der Waals surface area contributed by atoms with Crippen LogP contribution in [-0.2, 0) is 0 Å². The van der Waals surface area contributed by atoms with Crippen molar-refractivity contribution in [2.75, 3.05) is 0 Å². The van der Waals surface area contributed by atoms with E-state index in [0.29, 0.717) is 0 Å². The fourth-order valence-corrected chi connectivity index (χ4v) is 1.74. The molecule has 0 N–H and O–H groups in total. The Bertz CT molecular complexity index is 86.0. The van der Waals surface area contributed by atoms with E-state index >= 15 is 0 Å². The second-order valence-electron chi connectivity index (χ2n) is 4.24. The average Bonchev–Trinajstić information content (AvgIpc) is 2.05. The first-order valence-electron chi connectivity index (χ1n) is 5.72. The lowest BCUT2D eigenvalue weighted by Gasteiger charge is -2.18. The summed E-state index contributed by atoms with van der Waals surface area (Å²) in [6.45, 7) is 9.38. The third kappa shape index (κ3) is 5.62. The highest BCUT2D eigenvalue weighted by atomic mass is 14.2. The molecule has 0 unspecified atom stereocenters. The minimum Gasteiger partial charge on any atom is -0.0654 e. The van der Waals surface area contributed by atoms with Crippen molar-refractivity contribution >= 4 is 0 Å². The van der Waals surface area contributed by atoms with Gasteiger partial charge in [-0.25, -0.2) is 0 Å². The third-order valence-electron chi connectivity index (χ3n) is 2.98. The zero-order valence-electron chi connectivity index (χ0n) is 9.40. The molecule has 2 atom stereocenters. The maximum absolute atomic E-state index is 2.41. The zero-order valence-corrected chi connectivity index (χ0v) is 9.40. The Hall–Kier alpha value is 0. The van der Waals surface area contributed by atoms with Crippen LogP contribution in [0.2, 0.25) is 0 Å². The Balaban J connectivity index is 3.35. The first kappa shape index (κ1) is 12.0. The molecule has 0 amide bonds. The second kappa shape index (κ2) is 7.64. The normalized spacial score (nSPS) is 16.0. The van der Waals surface area contributed by atoms with Crippen molar-refractivity contribution in [2.24, 2.45) is 11.8 Å². The summed E-state index contributed by atoms with van der Waals surface area (Å²) >= 11 is 0. The van der Waals surface area contributed by atoms with Crippen molar-refractivity contribution in [3.05, 3.63) is 0 Å². The highest BCUT2D eigenvalue weighted by Crippen LogP contribution is 2.22. The zero-order chi connectivity index (χ0) is 9.40. The Labute approximate surface area is 78.8 Å². The molecule has 12 heavy (non-hydrogen) atoms. The van der Waals surface area contributed by atoms with Gasteiger partial charge in [-0.3, -0.25) is 0 Å². The van der Waals surface area contributed by atoms with Crippen LogP contribution in [0.3, 0.4) is 0 Å². The van der Waals surface area contributed by atoms with Crippen LogP contribution in [0.15, 0.2) is 0 Å². The largest absolute Gasteiger partial charge is 0.0654 e. The van der Waals surface area contributed by atoms with Gasteiger partial charge in [0, 0.05) is 0 Å². The van der Waals surface area contributed by atoms with Crippen LogP contribution in [0.4, 0.5) is 0 Å². The molecular formula is C12H26. The summed E-state index contributed by atoms with van der Waals surface area (Å²) in [4.78, 5) is 0. The van der Waals surface area contributed by atoms with Gasteiger partial charge in [-0.1, -0.05) is 66.2 Å². The number of unbranched alkanes of at least 4 members (excludes halogenated alkanes) is 2. The number of rotatable bonds is 7. The fourth-order valence-electron chi connectivity index (χ4n) is 1.74. The first-order chi connectivity index (χ1) is 5.72. The van der Waals surface area contributed by atoms with Gasteiger partial charge in [0.2, 0.25) is 0 Å². The quantitative estimate of drug-likeness (QED) is 0.488. The van der Waals surface area contributed by atoms with Crippen LogP contribution < -0.4 is 0 Å². The SMILES string of the molecule is CCCCC[C@@H](C)[C@H](C)CCC. The van der Waals surface area contributed by atoms with Gasteiger partial charge in [0.25, 0.3) is 0 Å². The molecule has 0 saturated carbocycles. The molecule has 0 aromatic rings. The summed E-state index contributed by atoms with van der Waals surface area (Å²) in [5.41, 5.74) is 0. The number of hydrogen-bond donors (Lipinski definition) is 0. The Morgan fingerprint density at radius 2 is 1.33 bits per heavy atom. The standard InChI is InChI=1S/C12H26/c1-5-7-8-10-12(4)11(3)9-6-2/h11-12H,5-10H2,1-4H3/t11-,12-/m1/s1. The summed E-state index contributed by atoms with van der Waals surface area (Å²) in [7, 11) is 0. The fraction of sp³-hybridized carbons (Fsp3) is 1.00. The van der Waals surface area contributed by atoms with Gasteiger partial charge in [-0.2, -0.15) is 0 Å². The molecule has 0 aliphatic carbocycles. The Kier molecular flexibility index (Phi) is 7.64. The van der Waals surface area contributed by atoms with E-state index in [1.54, 1.807) is 0 Å². The summed E-state index contributed by atoms with van der Waals surface area (Å²) < 4.78 is 0. The molecule has 0 aliphatic heterocycles. The molecule has 0 aromatic carbocycles. The molecule has 0 heteroatoms. The molecule has 0 bridgehead atoms. The predicted molar refractivity (Wildman–Crippen MR) is 57.4 cm³/mol. The second-order valence-corrected chi connectivity index (χ2v) is 4.24. The van der Waals surface area contributed by atoms with E-state index in [0.717, 1.165) is 11.8 Å². The molecule has 0 aromatic heterocycles. The van der Waals surface area contributed by atoms with Crippen molar-refractivity contribution < 1.29 is 0 Å². The minimum atomic E-state index is 0.937. The van der Waals surface area contributed by atoms with Crippen molar-refractivity contribution in [3.63, 3.8) is 0 Å². The van der Waals surface area contributed by atoms with Gasteiger partial charge in [0.05, 0.1) is 0 Å². The van der Waals surface area contributed by atoms with E-state index in [4.69, 9.17) is 0 Å². The van der Waals surface area contributed by atoms with Gasteiger partial charge >= 0.3 is 0 Å². The first-order valence-corrected chi connectivity index (χ1v) is 5.72. The molecule has 0 saturated heterocycles. The monoisotopic (exact) mass is 170 g/mol. The summed E-state index contributed by atoms with van der Waals surface area (Å²) in [5, 5.41) is 0. The summed E-state index contributed by atoms with van der Waals surface area (Å²) in [5.74, 6) is 1.88. The lowest BCUT2D eigenvalue weighted by molar-refractivity contribution is 0.331. The Morgan fingerprint density at radius 1 is 0.750 bits per heavy atom. The summed E-state index contributed by atoms with van der Waals surface area (Å²) in [6, 6.07) is 0. The van der Waals surface area contributed by atoms with Crippen LogP contribution in [0, 0.1) is 11.8 Å². The van der Waals surface area contributed by atoms with Crippen LogP contribution >= 0.6 is 0 Å². The molecule has 0 nitrogen and oxygen atoms in total. The van der Waals surface area contributed by atoms with Crippen molar-refractivity contribution in [3.8, 4) is 0 Å². The summed E-state index contributed by atoms with van der Waals surface area (Å²) in [6.07, 6.45) is 8.41. The van der Waals surface area contributed by atoms with Crippen molar-refractivity contribution in [1.29, 1.82) is 0 Å². The van der Waals surface area contributed by atoms with Gasteiger partial charge in [-0.05, 0) is 11.8 Å². The van der Waals surface area contributed by atoms with E-state index in [1.165, 1.54) is 38.5 Å². The van der Waals surface area contributed by atoms with E-state index in [1.807, 2.05) is 0 Å². The van der Waals surface area contributed by atoms with Crippen LogP contribution in [0.1, 0.15) is 66.2 Å². The molecule has 0 heterocycles. The topological polar surface area (TPSA) is 0 Å². The maximum Gasteiger partial charge on any atom is -0.0417 e. The van der Waals surface area contributed by atoms with E-state index < -0.39 is 0 Å². The molecule has 74 valence electrons. The Morgan fingerprint density at radius 3 is 1.83 bits per heavy atom. The highest BCUT2D eigenvalue weighted by Gasteiger charge is 2.09. The highest BCUT2D eigenvalue weighted by molar-refractivity contribution is 4.61. The maximum atomic E-state index is 2.41. The van der Waals surface area contributed by atoms with Crippen LogP contribution in [0.25, 0.3) is 0 Å². The smallest absolute Gasteiger partial charge is 0.0417 e. The molecule has 0 spiro atoms. The van der Waals surface area contributed by atoms with Gasteiger partial charge in [0.1, 0.15) is 0 Å². The van der Waals surface area contributed by atoms with E-state index in [-0.39, 0.29) is 0 Å². The van der Waals surface area contributed by atoms with Crippen LogP contribution in [-0.4, -0.2) is 0 Å². The molecule has 0 rings (SSSR count). The lowest BCUT2D eigenvalue weighted by Crippen LogP contribution is -2.07. The van der Waals surface area contributed by atoms with Crippen molar-refractivity contribution in [2.45, 2.75) is 66.2 Å². The van der Waals surface area contributed by atoms with Crippen LogP contribution in [0.5, 0.6) is 0 Å². The molecular weight excluding hydrogens is 144 g/mol. The van der Waals surface area contributed by atoms with Gasteiger partial charge < -0.3 is 0 Å². The van der Waals surface area contributed by atoms with E-state index in [9.17, 15) is 0 Å². The minimum absolute atomic E-state index is 0.937. The number of hydrogen-bond acceptors (Lipinski definition) is 0. The third-order valence-corrected chi connectivity index (χ3v) is 2.98. The average molecular weight is 170 g/mol. The lowest BCUT2D eigenvalue weighted by atomic mass is 9.88. The molecule has 0 radical (unpaired) electrons. The molecule has 0 fully saturated rings. The predicted octanol–water partition coefficient (Wildman–Crippen LogP) is 4.64. The molecule has 0 aliphatic rings. The van der Waals surface area contributed by atoms with Crippen molar-refractivity contribution in [1.82, 2.24) is 0 Å². The van der Waals surface area contributed by atoms with E-state index in [2.05, 4.69) is 27.7 Å².